The van der Waals surface area contributed by atoms with Crippen molar-refractivity contribution in [1.82, 2.24) is 5.32 Å². The normalized spacial score (nSPS) is 26.8. The number of ether oxygens (including phenoxy) is 1. The molecular formula is C19H25N3O6. The minimum absolute atomic E-state index is 0.180. The first-order valence-electron chi connectivity index (χ1n) is 8.88. The fourth-order valence-corrected chi connectivity index (χ4v) is 2.74. The van der Waals surface area contributed by atoms with Crippen LogP contribution in [0.15, 0.2) is 12.1 Å². The number of hydrogen-bond donors (Lipinski definition) is 7. The van der Waals surface area contributed by atoms with Crippen LogP contribution in [0.5, 0.6) is 0 Å². The zero-order valence-electron chi connectivity index (χ0n) is 15.4. The lowest BCUT2D eigenvalue weighted by Gasteiger charge is -2.37. The van der Waals surface area contributed by atoms with E-state index in [1.165, 1.54) is 12.1 Å². The molecule has 152 valence electrons. The highest BCUT2D eigenvalue weighted by atomic mass is 16.5. The number of carbonyl (C=O) groups is 1. The van der Waals surface area contributed by atoms with Crippen molar-refractivity contribution in [2.45, 2.75) is 43.9 Å². The number of benzene rings is 1. The first kappa shape index (κ1) is 21.8. The van der Waals surface area contributed by atoms with Crippen LogP contribution in [-0.2, 0) is 4.74 Å². The summed E-state index contributed by atoms with van der Waals surface area (Å²) in [6, 6.07) is 2.94. The molecule has 0 spiro atoms. The van der Waals surface area contributed by atoms with E-state index in [-0.39, 0.29) is 22.7 Å². The molecule has 0 aromatic heterocycles. The number of aliphatic hydroxyl groups excluding tert-OH is 4. The molecule has 1 heterocycles. The first-order valence-corrected chi connectivity index (χ1v) is 8.88. The van der Waals surface area contributed by atoms with Crippen LogP contribution in [0.2, 0.25) is 0 Å². The number of hydrogen-bond acceptors (Lipinski definition) is 8. The summed E-state index contributed by atoms with van der Waals surface area (Å²) in [5.41, 5.74) is 7.01. The van der Waals surface area contributed by atoms with Gasteiger partial charge in [-0.3, -0.25) is 4.79 Å². The summed E-state index contributed by atoms with van der Waals surface area (Å²) in [5.74, 6) is 4.98. The van der Waals surface area contributed by atoms with Crippen molar-refractivity contribution in [3.63, 3.8) is 0 Å². The molecule has 1 aliphatic heterocycles. The third kappa shape index (κ3) is 4.67. The van der Waals surface area contributed by atoms with Gasteiger partial charge in [0.2, 0.25) is 0 Å². The monoisotopic (exact) mass is 391 g/mol. The average Bonchev–Trinajstić information content (AvgIpc) is 2.70. The highest BCUT2D eigenvalue weighted by molar-refractivity contribution is 5.99. The molecule has 9 nitrogen and oxygen atoms in total. The minimum Gasteiger partial charge on any atom is -0.397 e. The van der Waals surface area contributed by atoms with E-state index in [1.54, 1.807) is 0 Å². The van der Waals surface area contributed by atoms with Crippen LogP contribution >= 0.6 is 0 Å². The van der Waals surface area contributed by atoms with Crippen molar-refractivity contribution in [2.75, 3.05) is 18.9 Å². The molecule has 0 bridgehead atoms. The molecule has 0 radical (unpaired) electrons. The molecule has 0 saturated carbocycles. The second-order valence-corrected chi connectivity index (χ2v) is 6.45. The second kappa shape index (κ2) is 9.64. The number of nitrogens with two attached hydrogens (primary N) is 1. The van der Waals surface area contributed by atoms with E-state index in [2.05, 4.69) is 17.2 Å². The molecule has 1 saturated heterocycles. The van der Waals surface area contributed by atoms with Gasteiger partial charge in [-0.15, -0.1) is 0 Å². The van der Waals surface area contributed by atoms with Crippen LogP contribution in [0, 0.1) is 17.3 Å². The highest BCUT2D eigenvalue weighted by Gasteiger charge is 2.42. The van der Waals surface area contributed by atoms with Crippen LogP contribution in [0.4, 0.5) is 5.69 Å². The quantitative estimate of drug-likeness (QED) is 0.184. The predicted molar refractivity (Wildman–Crippen MR) is 102 cm³/mol. The maximum absolute atomic E-state index is 12.2. The standard InChI is InChI=1S/C19H25N3O6/c1-2-5-22-19(27)11-6-10(15(21)12(7-11)8-20)3-4-13-16(24)18(26)17(25)14(9-23)28-13/h6-8,13-14,16-18,20,23-26H,2,5,9,21H2,1H3,(H,22,27)/t13?,14?,16?,17-,18?/m1/s1. The van der Waals surface area contributed by atoms with Crippen molar-refractivity contribution in [3.05, 3.63) is 28.8 Å². The van der Waals surface area contributed by atoms with E-state index in [4.69, 9.17) is 15.9 Å². The van der Waals surface area contributed by atoms with E-state index in [0.29, 0.717) is 12.1 Å². The number of rotatable bonds is 5. The summed E-state index contributed by atoms with van der Waals surface area (Å²) < 4.78 is 5.33. The smallest absolute Gasteiger partial charge is 0.251 e. The number of aliphatic hydroxyl groups is 4. The molecule has 1 fully saturated rings. The second-order valence-electron chi connectivity index (χ2n) is 6.45. The summed E-state index contributed by atoms with van der Waals surface area (Å²) in [5, 5.41) is 49.1. The van der Waals surface area contributed by atoms with Gasteiger partial charge in [0.05, 0.1) is 12.3 Å². The van der Waals surface area contributed by atoms with Gasteiger partial charge < -0.3 is 41.6 Å². The molecule has 5 atom stereocenters. The zero-order chi connectivity index (χ0) is 20.8. The molecule has 9 heteroatoms. The fraction of sp³-hybridized carbons (Fsp3) is 0.474. The van der Waals surface area contributed by atoms with E-state index in [1.807, 2.05) is 6.92 Å². The first-order chi connectivity index (χ1) is 13.3. The van der Waals surface area contributed by atoms with Crippen molar-refractivity contribution >= 4 is 17.8 Å². The Labute approximate surface area is 162 Å². The molecule has 28 heavy (non-hydrogen) atoms. The fourth-order valence-electron chi connectivity index (χ4n) is 2.74. The van der Waals surface area contributed by atoms with E-state index < -0.39 is 37.1 Å². The van der Waals surface area contributed by atoms with Gasteiger partial charge in [0.15, 0.2) is 0 Å². The summed E-state index contributed by atoms with van der Waals surface area (Å²) in [4.78, 5) is 12.2. The molecule has 1 amide bonds. The van der Waals surface area contributed by atoms with Crippen LogP contribution < -0.4 is 11.1 Å². The number of nitrogen functional groups attached to an aromatic ring is 1. The Kier molecular flexibility index (Phi) is 7.51. The van der Waals surface area contributed by atoms with Gasteiger partial charge >= 0.3 is 0 Å². The molecular weight excluding hydrogens is 366 g/mol. The summed E-state index contributed by atoms with van der Waals surface area (Å²) in [6.07, 6.45) is -4.99. The van der Waals surface area contributed by atoms with Crippen molar-refractivity contribution in [1.29, 1.82) is 5.41 Å². The van der Waals surface area contributed by atoms with Crippen LogP contribution in [-0.4, -0.2) is 76.2 Å². The Bertz CT molecular complexity index is 786. The van der Waals surface area contributed by atoms with Crippen molar-refractivity contribution in [2.24, 2.45) is 0 Å². The molecule has 1 aromatic rings. The third-order valence-electron chi connectivity index (χ3n) is 4.41. The largest absolute Gasteiger partial charge is 0.397 e. The van der Waals surface area contributed by atoms with E-state index in [0.717, 1.165) is 12.6 Å². The Balaban J connectivity index is 2.35. The average molecular weight is 391 g/mol. The summed E-state index contributed by atoms with van der Waals surface area (Å²) >= 11 is 0. The van der Waals surface area contributed by atoms with Gasteiger partial charge in [-0.1, -0.05) is 18.8 Å². The van der Waals surface area contributed by atoms with Crippen LogP contribution in [0.3, 0.4) is 0 Å². The lowest BCUT2D eigenvalue weighted by atomic mass is 9.95. The molecule has 2 rings (SSSR count). The molecule has 4 unspecified atom stereocenters. The predicted octanol–water partition coefficient (Wildman–Crippen LogP) is -1.40. The molecule has 0 aliphatic carbocycles. The topological polar surface area (TPSA) is 169 Å². The van der Waals surface area contributed by atoms with Crippen LogP contribution in [0.25, 0.3) is 0 Å². The third-order valence-corrected chi connectivity index (χ3v) is 4.41. The van der Waals surface area contributed by atoms with Gasteiger partial charge in [-0.05, 0) is 18.6 Å². The summed E-state index contributed by atoms with van der Waals surface area (Å²) in [7, 11) is 0. The van der Waals surface area contributed by atoms with Crippen molar-refractivity contribution < 1.29 is 30.0 Å². The Morgan fingerprint density at radius 2 is 2.04 bits per heavy atom. The highest BCUT2D eigenvalue weighted by Crippen LogP contribution is 2.22. The number of anilines is 1. The minimum atomic E-state index is -1.54. The van der Waals surface area contributed by atoms with Gasteiger partial charge in [-0.25, -0.2) is 0 Å². The lowest BCUT2D eigenvalue weighted by molar-refractivity contribution is -0.214. The van der Waals surface area contributed by atoms with Crippen LogP contribution in [0.1, 0.15) is 34.8 Å². The van der Waals surface area contributed by atoms with Crippen molar-refractivity contribution in [3.8, 4) is 11.8 Å². The zero-order valence-corrected chi connectivity index (χ0v) is 15.4. The lowest BCUT2D eigenvalue weighted by Crippen LogP contribution is -2.58. The van der Waals surface area contributed by atoms with Gasteiger partial charge in [-0.2, -0.15) is 0 Å². The molecule has 1 aliphatic rings. The summed E-state index contributed by atoms with van der Waals surface area (Å²) in [6.45, 7) is 1.86. The Morgan fingerprint density at radius 3 is 2.64 bits per heavy atom. The maximum Gasteiger partial charge on any atom is 0.251 e. The van der Waals surface area contributed by atoms with Gasteiger partial charge in [0.1, 0.15) is 30.5 Å². The number of nitrogens with one attached hydrogen (secondary N) is 2. The molecule has 1 aromatic carbocycles. The van der Waals surface area contributed by atoms with E-state index >= 15 is 0 Å². The van der Waals surface area contributed by atoms with E-state index in [9.17, 15) is 25.2 Å². The number of carbonyl (C=O) groups excluding carboxylic acids is 1. The number of amides is 1. The van der Waals surface area contributed by atoms with Gasteiger partial charge in [0, 0.05) is 29.4 Å². The SMILES string of the molecule is CCCNC(=O)c1cc(C#CC2OC(CO)[C@@H](O)C(O)C2O)c(N)c(C=N)c1. The van der Waals surface area contributed by atoms with Gasteiger partial charge in [0.25, 0.3) is 5.91 Å². The Morgan fingerprint density at radius 1 is 1.32 bits per heavy atom. The molecule has 8 N–H and O–H groups in total. The maximum atomic E-state index is 12.2. The Hall–Kier alpha value is -2.48.